The predicted molar refractivity (Wildman–Crippen MR) is 75.2 cm³/mol. The van der Waals surface area contributed by atoms with Crippen molar-refractivity contribution in [1.82, 2.24) is 15.3 Å². The monoisotopic (exact) mass is 260 g/mol. The van der Waals surface area contributed by atoms with Crippen molar-refractivity contribution in [2.75, 3.05) is 45.1 Å². The molecule has 2 heterocycles. The van der Waals surface area contributed by atoms with Crippen molar-refractivity contribution in [3.63, 3.8) is 0 Å². The first-order valence-corrected chi connectivity index (χ1v) is 6.83. The number of hydrogen-bond donors (Lipinski definition) is 2. The molecule has 2 N–H and O–H groups in total. The van der Waals surface area contributed by atoms with E-state index in [1.54, 1.807) is 0 Å². The molecule has 1 aromatic carbocycles. The second-order valence-electron chi connectivity index (χ2n) is 5.28. The van der Waals surface area contributed by atoms with Crippen LogP contribution in [0.1, 0.15) is 15.9 Å². The summed E-state index contributed by atoms with van der Waals surface area (Å²) in [6.07, 6.45) is 1.00. The van der Waals surface area contributed by atoms with E-state index in [1.165, 1.54) is 5.56 Å². The Labute approximate surface area is 113 Å². The van der Waals surface area contributed by atoms with Gasteiger partial charge in [0.1, 0.15) is 0 Å². The third-order valence-corrected chi connectivity index (χ3v) is 3.84. The highest BCUT2D eigenvalue weighted by molar-refractivity contribution is 5.94. The van der Waals surface area contributed by atoms with Crippen LogP contribution in [0.3, 0.4) is 0 Å². The molecule has 0 radical (unpaired) electrons. The van der Waals surface area contributed by atoms with Crippen LogP contribution in [0.15, 0.2) is 18.2 Å². The van der Waals surface area contributed by atoms with E-state index in [0.717, 1.165) is 50.4 Å². The van der Waals surface area contributed by atoms with Gasteiger partial charge in [0.25, 0.3) is 5.91 Å². The van der Waals surface area contributed by atoms with E-state index in [0.29, 0.717) is 0 Å². The minimum absolute atomic E-state index is 0.000692. The maximum atomic E-state index is 12.2. The van der Waals surface area contributed by atoms with Crippen molar-refractivity contribution >= 4 is 11.6 Å². The van der Waals surface area contributed by atoms with E-state index in [-0.39, 0.29) is 5.91 Å². The lowest BCUT2D eigenvalue weighted by molar-refractivity contribution is 0.0662. The molecule has 0 spiro atoms. The fourth-order valence-corrected chi connectivity index (χ4v) is 2.57. The molecule has 5 heteroatoms. The fraction of sp³-hybridized carbons (Fsp3) is 0.500. The summed E-state index contributed by atoms with van der Waals surface area (Å²) in [5.41, 5.74) is 6.15. The summed E-state index contributed by atoms with van der Waals surface area (Å²) in [5.74, 6) is -0.000692. The van der Waals surface area contributed by atoms with Gasteiger partial charge in [-0.25, -0.2) is 5.01 Å². The molecule has 19 heavy (non-hydrogen) atoms. The molecule has 0 aliphatic carbocycles. The number of amides is 1. The summed E-state index contributed by atoms with van der Waals surface area (Å²) in [7, 11) is 2.10. The van der Waals surface area contributed by atoms with Crippen molar-refractivity contribution in [3.8, 4) is 0 Å². The lowest BCUT2D eigenvalue weighted by atomic mass is 10.1. The Morgan fingerprint density at radius 3 is 2.84 bits per heavy atom. The van der Waals surface area contributed by atoms with Gasteiger partial charge in [-0.3, -0.25) is 10.2 Å². The Hall–Kier alpha value is -1.59. The summed E-state index contributed by atoms with van der Waals surface area (Å²) in [6, 6.07) is 5.89. The molecule has 102 valence electrons. The Kier molecular flexibility index (Phi) is 3.40. The summed E-state index contributed by atoms with van der Waals surface area (Å²) in [4.78, 5) is 14.5. The quantitative estimate of drug-likeness (QED) is 0.815. The molecule has 3 rings (SSSR count). The van der Waals surface area contributed by atoms with E-state index in [2.05, 4.69) is 22.7 Å². The lowest BCUT2D eigenvalue weighted by Gasteiger charge is -2.32. The van der Waals surface area contributed by atoms with Gasteiger partial charge < -0.3 is 10.2 Å². The third-order valence-electron chi connectivity index (χ3n) is 3.84. The normalized spacial score (nSPS) is 19.8. The van der Waals surface area contributed by atoms with Crippen LogP contribution in [0, 0.1) is 0 Å². The molecule has 5 nitrogen and oxygen atoms in total. The van der Waals surface area contributed by atoms with Gasteiger partial charge >= 0.3 is 0 Å². The van der Waals surface area contributed by atoms with E-state index in [9.17, 15) is 4.79 Å². The van der Waals surface area contributed by atoms with E-state index >= 15 is 0 Å². The van der Waals surface area contributed by atoms with Crippen molar-refractivity contribution < 1.29 is 4.79 Å². The van der Waals surface area contributed by atoms with Crippen LogP contribution in [-0.4, -0.2) is 55.6 Å². The van der Waals surface area contributed by atoms with E-state index < -0.39 is 0 Å². The van der Waals surface area contributed by atoms with Crippen LogP contribution in [-0.2, 0) is 6.42 Å². The molecular weight excluding hydrogens is 240 g/mol. The Bertz CT molecular complexity index is 480. The number of nitrogens with one attached hydrogen (secondary N) is 2. The smallest absolute Gasteiger partial charge is 0.265 e. The van der Waals surface area contributed by atoms with Gasteiger partial charge in [-0.1, -0.05) is 0 Å². The second kappa shape index (κ2) is 5.19. The van der Waals surface area contributed by atoms with Crippen LogP contribution in [0.4, 0.5) is 5.69 Å². The van der Waals surface area contributed by atoms with E-state index in [4.69, 9.17) is 0 Å². The van der Waals surface area contributed by atoms with Gasteiger partial charge in [0.2, 0.25) is 0 Å². The lowest BCUT2D eigenvalue weighted by Crippen LogP contribution is -2.52. The fourth-order valence-electron chi connectivity index (χ4n) is 2.57. The maximum Gasteiger partial charge on any atom is 0.265 e. The molecule has 1 amide bonds. The molecule has 2 aliphatic heterocycles. The van der Waals surface area contributed by atoms with Gasteiger partial charge in [-0.05, 0) is 37.2 Å². The molecule has 1 fully saturated rings. The highest BCUT2D eigenvalue weighted by Crippen LogP contribution is 2.22. The zero-order chi connectivity index (χ0) is 13.2. The first-order valence-electron chi connectivity index (χ1n) is 6.83. The highest BCUT2D eigenvalue weighted by atomic mass is 16.2. The largest absolute Gasteiger partial charge is 0.384 e. The van der Waals surface area contributed by atoms with Gasteiger partial charge in [-0.15, -0.1) is 0 Å². The number of rotatable bonds is 2. The highest BCUT2D eigenvalue weighted by Gasteiger charge is 2.18. The number of benzene rings is 1. The Morgan fingerprint density at radius 1 is 1.26 bits per heavy atom. The Morgan fingerprint density at radius 2 is 2.05 bits per heavy atom. The molecule has 0 saturated carbocycles. The van der Waals surface area contributed by atoms with Gasteiger partial charge in [0.15, 0.2) is 0 Å². The topological polar surface area (TPSA) is 47.6 Å². The predicted octanol–water partition coefficient (Wildman–Crippen LogP) is 0.547. The first-order chi connectivity index (χ1) is 9.22. The first kappa shape index (κ1) is 12.4. The van der Waals surface area contributed by atoms with Crippen LogP contribution < -0.4 is 10.7 Å². The molecule has 1 aromatic rings. The number of hydrazine groups is 1. The average molecular weight is 260 g/mol. The number of carbonyl (C=O) groups excluding carboxylic acids is 1. The zero-order valence-electron chi connectivity index (χ0n) is 11.3. The van der Waals surface area contributed by atoms with Crippen LogP contribution in [0.2, 0.25) is 0 Å². The third kappa shape index (κ3) is 2.72. The molecular formula is C14H20N4O. The SMILES string of the molecule is CN1CCN(NC(=O)c2ccc3c(c2)CCN3)CC1. The zero-order valence-corrected chi connectivity index (χ0v) is 11.3. The number of fused-ring (bicyclic) bond motifs is 1. The van der Waals surface area contributed by atoms with Crippen molar-refractivity contribution in [2.45, 2.75) is 6.42 Å². The molecule has 0 bridgehead atoms. The van der Waals surface area contributed by atoms with Gasteiger partial charge in [-0.2, -0.15) is 0 Å². The van der Waals surface area contributed by atoms with Crippen molar-refractivity contribution in [1.29, 1.82) is 0 Å². The summed E-state index contributed by atoms with van der Waals surface area (Å²) >= 11 is 0. The van der Waals surface area contributed by atoms with Crippen molar-refractivity contribution in [3.05, 3.63) is 29.3 Å². The number of nitrogens with zero attached hydrogens (tertiary/aromatic N) is 2. The number of hydrogen-bond acceptors (Lipinski definition) is 4. The number of piperazine rings is 1. The average Bonchev–Trinajstić information content (AvgIpc) is 2.88. The molecule has 0 aromatic heterocycles. The van der Waals surface area contributed by atoms with Crippen LogP contribution in [0.5, 0.6) is 0 Å². The van der Waals surface area contributed by atoms with Crippen molar-refractivity contribution in [2.24, 2.45) is 0 Å². The standard InChI is InChI=1S/C14H20N4O/c1-17-6-8-18(9-7-17)16-14(19)12-2-3-13-11(10-12)4-5-15-13/h2-3,10,15H,4-9H2,1H3,(H,16,19). The number of anilines is 1. The Balaban J connectivity index is 1.64. The van der Waals surface area contributed by atoms with Gasteiger partial charge in [0, 0.05) is 44.0 Å². The molecule has 0 unspecified atom stereocenters. The van der Waals surface area contributed by atoms with E-state index in [1.807, 2.05) is 23.2 Å². The minimum atomic E-state index is -0.000692. The molecule has 0 atom stereocenters. The number of likely N-dealkylation sites (N-methyl/N-ethyl adjacent to an activating group) is 1. The maximum absolute atomic E-state index is 12.2. The number of carbonyl (C=O) groups is 1. The summed E-state index contributed by atoms with van der Waals surface area (Å²) in [5, 5.41) is 5.31. The summed E-state index contributed by atoms with van der Waals surface area (Å²) < 4.78 is 0. The van der Waals surface area contributed by atoms with Crippen LogP contribution >= 0.6 is 0 Å². The molecule has 2 aliphatic rings. The van der Waals surface area contributed by atoms with Crippen LogP contribution in [0.25, 0.3) is 0 Å². The summed E-state index contributed by atoms with van der Waals surface area (Å²) in [6.45, 7) is 4.73. The van der Waals surface area contributed by atoms with Gasteiger partial charge in [0.05, 0.1) is 0 Å². The second-order valence-corrected chi connectivity index (χ2v) is 5.28. The minimum Gasteiger partial charge on any atom is -0.384 e. The molecule has 1 saturated heterocycles.